The van der Waals surface area contributed by atoms with Gasteiger partial charge >= 0.3 is 12.1 Å². The summed E-state index contributed by atoms with van der Waals surface area (Å²) in [6, 6.07) is 1.18. The van der Waals surface area contributed by atoms with Gasteiger partial charge in [-0.25, -0.2) is 19.0 Å². The number of amides is 1. The standard InChI is InChI=1S/C23H27FN4O5/c1-22(2,3)33-21(32)25-10-23-7-12(23)8-27(11-23)19-16(24)6-14-17(29)15(20(30)31)9-28(13-4-5-13)18(14)26-19/h6,9,12-13H,4-5,7-8,10-11H2,1-3H3,(H,25,32)(H,30,31). The van der Waals surface area contributed by atoms with E-state index >= 15 is 4.39 Å². The minimum Gasteiger partial charge on any atom is -0.477 e. The molecule has 1 amide bonds. The molecule has 2 aromatic rings. The lowest BCUT2D eigenvalue weighted by atomic mass is 10.1. The number of nitrogens with one attached hydrogen (secondary N) is 1. The molecule has 2 atom stereocenters. The number of halogens is 1. The zero-order chi connectivity index (χ0) is 23.7. The molecule has 33 heavy (non-hydrogen) atoms. The number of nitrogens with zero attached hydrogens (tertiary/aromatic N) is 3. The lowest BCUT2D eigenvalue weighted by Gasteiger charge is -2.24. The van der Waals surface area contributed by atoms with Gasteiger partial charge in [0, 0.05) is 37.3 Å². The van der Waals surface area contributed by atoms with Crippen LogP contribution in [0.1, 0.15) is 56.4 Å². The van der Waals surface area contributed by atoms with Crippen LogP contribution in [0.4, 0.5) is 15.0 Å². The number of aromatic carboxylic acids is 1. The molecule has 1 aliphatic heterocycles. The maximum atomic E-state index is 15.1. The number of fused-ring (bicyclic) bond motifs is 2. The number of carbonyl (C=O) groups excluding carboxylic acids is 1. The Kier molecular flexibility index (Phi) is 4.70. The van der Waals surface area contributed by atoms with E-state index in [0.717, 1.165) is 25.3 Å². The van der Waals surface area contributed by atoms with E-state index in [-0.39, 0.29) is 28.2 Å². The van der Waals surface area contributed by atoms with Gasteiger partial charge in [0.2, 0.25) is 5.43 Å². The van der Waals surface area contributed by atoms with E-state index in [4.69, 9.17) is 4.74 Å². The average molecular weight is 458 g/mol. The smallest absolute Gasteiger partial charge is 0.407 e. The first kappa shape index (κ1) is 21.7. The van der Waals surface area contributed by atoms with Gasteiger partial charge in [-0.3, -0.25) is 4.79 Å². The highest BCUT2D eigenvalue weighted by molar-refractivity contribution is 5.92. The van der Waals surface area contributed by atoms with E-state index in [2.05, 4.69) is 10.3 Å². The summed E-state index contributed by atoms with van der Waals surface area (Å²) in [5, 5.41) is 12.2. The molecule has 176 valence electrons. The SMILES string of the molecule is CC(C)(C)OC(=O)NCC12CC1CN(c1nc3c(cc1F)c(=O)c(C(=O)O)cn3C1CC1)C2. The molecule has 0 bridgehead atoms. The molecule has 2 aromatic heterocycles. The summed E-state index contributed by atoms with van der Waals surface area (Å²) in [5.74, 6) is -1.52. The molecule has 3 aliphatic rings. The normalized spacial score (nSPS) is 24.0. The quantitative estimate of drug-likeness (QED) is 0.708. The van der Waals surface area contributed by atoms with E-state index in [1.165, 1.54) is 6.20 Å². The molecule has 9 nitrogen and oxygen atoms in total. The van der Waals surface area contributed by atoms with Gasteiger partial charge < -0.3 is 24.6 Å². The van der Waals surface area contributed by atoms with Gasteiger partial charge in [-0.15, -0.1) is 0 Å². The van der Waals surface area contributed by atoms with Crippen LogP contribution in [-0.2, 0) is 4.74 Å². The van der Waals surface area contributed by atoms with Gasteiger partial charge in [0.15, 0.2) is 11.6 Å². The summed E-state index contributed by atoms with van der Waals surface area (Å²) in [5.41, 5.74) is -1.52. The van der Waals surface area contributed by atoms with E-state index in [1.54, 1.807) is 25.3 Å². The number of carboxylic acids is 1. The maximum absolute atomic E-state index is 15.1. The Morgan fingerprint density at radius 3 is 2.73 bits per heavy atom. The van der Waals surface area contributed by atoms with Crippen LogP contribution in [0.3, 0.4) is 0 Å². The molecule has 10 heteroatoms. The van der Waals surface area contributed by atoms with Crippen molar-refractivity contribution in [3.05, 3.63) is 33.9 Å². The zero-order valence-electron chi connectivity index (χ0n) is 18.9. The number of carboxylic acid groups (broad SMARTS) is 1. The van der Waals surface area contributed by atoms with Crippen molar-refractivity contribution in [1.82, 2.24) is 14.9 Å². The third kappa shape index (κ3) is 3.91. The molecule has 1 saturated heterocycles. The third-order valence-corrected chi connectivity index (χ3v) is 6.70. The molecule has 2 unspecified atom stereocenters. The fraction of sp³-hybridized carbons (Fsp3) is 0.565. The number of piperidine rings is 1. The minimum absolute atomic E-state index is 0.0197. The molecule has 3 heterocycles. The van der Waals surface area contributed by atoms with Crippen molar-refractivity contribution in [2.24, 2.45) is 11.3 Å². The molecular formula is C23H27FN4O5. The lowest BCUT2D eigenvalue weighted by Crippen LogP contribution is -2.38. The fourth-order valence-electron chi connectivity index (χ4n) is 4.83. The van der Waals surface area contributed by atoms with Crippen molar-refractivity contribution < 1.29 is 23.8 Å². The van der Waals surface area contributed by atoms with Crippen LogP contribution in [0.2, 0.25) is 0 Å². The van der Waals surface area contributed by atoms with Gasteiger partial charge in [0.25, 0.3) is 0 Å². The first-order valence-corrected chi connectivity index (χ1v) is 11.2. The summed E-state index contributed by atoms with van der Waals surface area (Å²) < 4.78 is 22.1. The van der Waals surface area contributed by atoms with Gasteiger partial charge in [-0.2, -0.15) is 0 Å². The summed E-state index contributed by atoms with van der Waals surface area (Å²) in [6.45, 7) is 6.98. The van der Waals surface area contributed by atoms with Crippen LogP contribution >= 0.6 is 0 Å². The van der Waals surface area contributed by atoms with Gasteiger partial charge in [0.05, 0.1) is 5.39 Å². The third-order valence-electron chi connectivity index (χ3n) is 6.70. The topological polar surface area (TPSA) is 114 Å². The van der Waals surface area contributed by atoms with Crippen molar-refractivity contribution in [3.8, 4) is 0 Å². The summed E-state index contributed by atoms with van der Waals surface area (Å²) >= 11 is 0. The summed E-state index contributed by atoms with van der Waals surface area (Å²) in [4.78, 5) is 42.6. The summed E-state index contributed by atoms with van der Waals surface area (Å²) in [7, 11) is 0. The highest BCUT2D eigenvalue weighted by Crippen LogP contribution is 2.58. The number of anilines is 1. The molecule has 2 aliphatic carbocycles. The van der Waals surface area contributed by atoms with Crippen LogP contribution in [0.15, 0.2) is 17.1 Å². The zero-order valence-corrected chi connectivity index (χ0v) is 18.9. The second-order valence-electron chi connectivity index (χ2n) is 10.5. The molecule has 2 saturated carbocycles. The number of hydrogen-bond donors (Lipinski definition) is 2. The van der Waals surface area contributed by atoms with Gasteiger partial charge in [-0.1, -0.05) is 0 Å². The Morgan fingerprint density at radius 1 is 1.36 bits per heavy atom. The fourth-order valence-corrected chi connectivity index (χ4v) is 4.83. The number of ether oxygens (including phenoxy) is 1. The van der Waals surface area contributed by atoms with Crippen LogP contribution in [0.25, 0.3) is 11.0 Å². The Hall–Kier alpha value is -3.17. The Labute approximate surface area is 189 Å². The van der Waals surface area contributed by atoms with Crippen molar-refractivity contribution in [2.45, 2.75) is 51.7 Å². The van der Waals surface area contributed by atoms with Crippen molar-refractivity contribution in [1.29, 1.82) is 0 Å². The van der Waals surface area contributed by atoms with E-state index in [9.17, 15) is 19.5 Å². The first-order chi connectivity index (χ1) is 15.5. The first-order valence-electron chi connectivity index (χ1n) is 11.2. The number of alkyl carbamates (subject to hydrolysis) is 1. The number of aromatic nitrogens is 2. The molecule has 2 N–H and O–H groups in total. The average Bonchev–Trinajstić information content (AvgIpc) is 3.63. The van der Waals surface area contributed by atoms with Crippen molar-refractivity contribution in [2.75, 3.05) is 24.5 Å². The largest absolute Gasteiger partial charge is 0.477 e. The molecule has 0 spiro atoms. The molecule has 5 rings (SSSR count). The molecule has 3 fully saturated rings. The molecular weight excluding hydrogens is 431 g/mol. The maximum Gasteiger partial charge on any atom is 0.407 e. The predicted molar refractivity (Wildman–Crippen MR) is 118 cm³/mol. The van der Waals surface area contributed by atoms with E-state index in [0.29, 0.717) is 31.2 Å². The van der Waals surface area contributed by atoms with Crippen LogP contribution in [0.5, 0.6) is 0 Å². The van der Waals surface area contributed by atoms with Gasteiger partial charge in [0.1, 0.15) is 16.8 Å². The highest BCUT2D eigenvalue weighted by atomic mass is 19.1. The van der Waals surface area contributed by atoms with E-state index < -0.39 is 28.9 Å². The van der Waals surface area contributed by atoms with Gasteiger partial charge in [-0.05, 0) is 52.0 Å². The Morgan fingerprint density at radius 2 is 2.09 bits per heavy atom. The number of carbonyl (C=O) groups is 2. The molecule has 0 radical (unpaired) electrons. The van der Waals surface area contributed by atoms with Crippen LogP contribution in [-0.4, -0.2) is 52.0 Å². The van der Waals surface area contributed by atoms with Crippen molar-refractivity contribution >= 4 is 28.9 Å². The summed E-state index contributed by atoms with van der Waals surface area (Å²) in [6.07, 6.45) is 3.50. The minimum atomic E-state index is -1.33. The Balaban J connectivity index is 1.41. The molecule has 0 aromatic carbocycles. The number of pyridine rings is 2. The predicted octanol–water partition coefficient (Wildman–Crippen LogP) is 2.92. The number of rotatable bonds is 5. The van der Waals surface area contributed by atoms with Crippen LogP contribution in [0, 0.1) is 17.2 Å². The Bertz CT molecular complexity index is 1230. The number of hydrogen-bond acceptors (Lipinski definition) is 6. The second kappa shape index (κ2) is 7.16. The van der Waals surface area contributed by atoms with Crippen LogP contribution < -0.4 is 15.6 Å². The second-order valence-corrected chi connectivity index (χ2v) is 10.5. The lowest BCUT2D eigenvalue weighted by molar-refractivity contribution is 0.0516. The van der Waals surface area contributed by atoms with Crippen molar-refractivity contribution in [3.63, 3.8) is 0 Å². The monoisotopic (exact) mass is 458 g/mol. The highest BCUT2D eigenvalue weighted by Gasteiger charge is 2.60. The van der Waals surface area contributed by atoms with E-state index in [1.807, 2.05) is 4.90 Å².